The van der Waals surface area contributed by atoms with Crippen molar-refractivity contribution in [3.63, 3.8) is 0 Å². The number of carbonyl (C=O) groups is 1. The molecule has 0 aliphatic rings. The maximum Gasteiger partial charge on any atom is 0.287 e. The van der Waals surface area contributed by atoms with Crippen LogP contribution in [0.2, 0.25) is 0 Å². The zero-order valence-corrected chi connectivity index (χ0v) is 16.4. The van der Waals surface area contributed by atoms with Gasteiger partial charge >= 0.3 is 0 Å². The summed E-state index contributed by atoms with van der Waals surface area (Å²) in [6.45, 7) is 2.26. The summed E-state index contributed by atoms with van der Waals surface area (Å²) in [5.74, 6) is -0.224. The second-order valence-corrected chi connectivity index (χ2v) is 7.35. The summed E-state index contributed by atoms with van der Waals surface area (Å²) in [6.07, 6.45) is 0. The summed E-state index contributed by atoms with van der Waals surface area (Å²) in [5.41, 5.74) is 2.42. The molecule has 0 saturated heterocycles. The molecule has 3 rings (SSSR count). The molecule has 1 N–H and O–H groups in total. The molecule has 1 unspecified atom stereocenters. The molecule has 6 heteroatoms. The maximum atomic E-state index is 13.2. The topological polar surface area (TPSA) is 45.5 Å². The zero-order valence-electron chi connectivity index (χ0n) is 14.8. The summed E-state index contributed by atoms with van der Waals surface area (Å²) in [7, 11) is 3.84. The third kappa shape index (κ3) is 3.81. The Labute approximate surface area is 160 Å². The number of halogens is 2. The number of carbonyl (C=O) groups excluding carboxylic acids is 1. The first-order chi connectivity index (χ1) is 12.4. The third-order valence-corrected chi connectivity index (χ3v) is 4.93. The van der Waals surface area contributed by atoms with E-state index in [4.69, 9.17) is 4.42 Å². The van der Waals surface area contributed by atoms with Crippen molar-refractivity contribution in [2.45, 2.75) is 13.0 Å². The number of benzene rings is 2. The molecule has 0 aliphatic heterocycles. The van der Waals surface area contributed by atoms with Gasteiger partial charge in [0.25, 0.3) is 5.91 Å². The number of hydrogen-bond donors (Lipinski definition) is 1. The monoisotopic (exact) mass is 418 g/mol. The van der Waals surface area contributed by atoms with Gasteiger partial charge in [0.05, 0.1) is 6.04 Å². The second kappa shape index (κ2) is 7.60. The Hall–Kier alpha value is -2.18. The molecule has 136 valence electrons. The van der Waals surface area contributed by atoms with Gasteiger partial charge in [-0.15, -0.1) is 0 Å². The lowest BCUT2D eigenvalue weighted by Crippen LogP contribution is -2.34. The van der Waals surface area contributed by atoms with Gasteiger partial charge in [-0.1, -0.05) is 28.1 Å². The van der Waals surface area contributed by atoms with E-state index in [1.54, 1.807) is 12.1 Å². The van der Waals surface area contributed by atoms with E-state index in [1.165, 1.54) is 12.1 Å². The van der Waals surface area contributed by atoms with Crippen molar-refractivity contribution in [3.8, 4) is 0 Å². The highest BCUT2D eigenvalue weighted by molar-refractivity contribution is 9.10. The smallest absolute Gasteiger partial charge is 0.287 e. The molecule has 1 atom stereocenters. The number of furan rings is 1. The Morgan fingerprint density at radius 2 is 1.92 bits per heavy atom. The number of hydrogen-bond acceptors (Lipinski definition) is 3. The molecule has 26 heavy (non-hydrogen) atoms. The molecular weight excluding hydrogens is 399 g/mol. The van der Waals surface area contributed by atoms with Crippen molar-refractivity contribution in [2.24, 2.45) is 0 Å². The van der Waals surface area contributed by atoms with Crippen molar-refractivity contribution in [2.75, 3.05) is 20.6 Å². The summed E-state index contributed by atoms with van der Waals surface area (Å²) >= 11 is 3.44. The number of nitrogens with one attached hydrogen (secondary N) is 1. The number of likely N-dealkylation sites (N-methyl/N-ethyl adjacent to an activating group) is 1. The molecule has 2 aromatic carbocycles. The highest BCUT2D eigenvalue weighted by Gasteiger charge is 2.20. The maximum absolute atomic E-state index is 13.2. The van der Waals surface area contributed by atoms with Gasteiger partial charge < -0.3 is 14.6 Å². The number of amides is 1. The lowest BCUT2D eigenvalue weighted by atomic mass is 10.1. The van der Waals surface area contributed by atoms with Crippen LogP contribution in [-0.2, 0) is 0 Å². The van der Waals surface area contributed by atoms with E-state index in [-0.39, 0.29) is 17.8 Å². The average molecular weight is 419 g/mol. The van der Waals surface area contributed by atoms with Crippen LogP contribution in [0.15, 0.2) is 51.4 Å². The molecule has 3 aromatic rings. The molecule has 0 spiro atoms. The fraction of sp³-hybridized carbons (Fsp3) is 0.250. The first-order valence-corrected chi connectivity index (χ1v) is 9.05. The lowest BCUT2D eigenvalue weighted by molar-refractivity contribution is 0.0915. The highest BCUT2D eigenvalue weighted by atomic mass is 79.9. The van der Waals surface area contributed by atoms with Crippen LogP contribution in [0, 0.1) is 12.7 Å². The lowest BCUT2D eigenvalue weighted by Gasteiger charge is -2.25. The normalized spacial score (nSPS) is 12.5. The first kappa shape index (κ1) is 18.6. The Bertz CT molecular complexity index is 935. The van der Waals surface area contributed by atoms with Crippen LogP contribution in [0.1, 0.15) is 27.7 Å². The Balaban J connectivity index is 1.78. The van der Waals surface area contributed by atoms with Gasteiger partial charge in [-0.2, -0.15) is 0 Å². The van der Waals surface area contributed by atoms with Gasteiger partial charge in [0.2, 0.25) is 0 Å². The van der Waals surface area contributed by atoms with E-state index in [1.807, 2.05) is 44.1 Å². The predicted molar refractivity (Wildman–Crippen MR) is 104 cm³/mol. The van der Waals surface area contributed by atoms with Crippen molar-refractivity contribution < 1.29 is 13.6 Å². The Kier molecular flexibility index (Phi) is 5.44. The zero-order chi connectivity index (χ0) is 18.8. The van der Waals surface area contributed by atoms with Gasteiger partial charge in [0, 0.05) is 22.0 Å². The minimum absolute atomic E-state index is 0.0709. The van der Waals surface area contributed by atoms with Crippen LogP contribution in [0.5, 0.6) is 0 Å². The molecule has 0 bridgehead atoms. The van der Waals surface area contributed by atoms with Crippen LogP contribution in [-0.4, -0.2) is 31.4 Å². The molecule has 0 fully saturated rings. The van der Waals surface area contributed by atoms with Gasteiger partial charge in [0.15, 0.2) is 5.76 Å². The van der Waals surface area contributed by atoms with Gasteiger partial charge in [-0.05, 0) is 56.9 Å². The van der Waals surface area contributed by atoms with Gasteiger partial charge in [-0.25, -0.2) is 4.39 Å². The van der Waals surface area contributed by atoms with Crippen molar-refractivity contribution in [3.05, 3.63) is 69.6 Å². The molecule has 1 heterocycles. The molecular formula is C20H20BrFN2O2. The molecule has 0 radical (unpaired) electrons. The molecule has 1 amide bonds. The fourth-order valence-corrected chi connectivity index (χ4v) is 3.32. The predicted octanol–water partition coefficient (Wildman–Crippen LogP) is 4.68. The van der Waals surface area contributed by atoms with Crippen LogP contribution in [0.3, 0.4) is 0 Å². The standard InChI is InChI=1S/C20H20BrFN2O2/c1-12-16-10-14(21)6-9-18(16)26-19(12)20(25)23-11-17(24(2)3)13-4-7-15(22)8-5-13/h4-10,17H,11H2,1-3H3,(H,23,25). The van der Waals surface area contributed by atoms with Crippen LogP contribution >= 0.6 is 15.9 Å². The summed E-state index contributed by atoms with van der Waals surface area (Å²) < 4.78 is 19.8. The van der Waals surface area contributed by atoms with Crippen molar-refractivity contribution in [1.29, 1.82) is 0 Å². The fourth-order valence-electron chi connectivity index (χ4n) is 2.96. The molecule has 0 aliphatic carbocycles. The summed E-state index contributed by atoms with van der Waals surface area (Å²) in [6, 6.07) is 11.9. The quantitative estimate of drug-likeness (QED) is 0.654. The van der Waals surface area contributed by atoms with Gasteiger partial charge in [-0.3, -0.25) is 4.79 Å². The van der Waals surface area contributed by atoms with Gasteiger partial charge in [0.1, 0.15) is 11.4 Å². The third-order valence-electron chi connectivity index (χ3n) is 4.44. The SMILES string of the molecule is Cc1c(C(=O)NCC(c2ccc(F)cc2)N(C)C)oc2ccc(Br)cc12. The van der Waals surface area contributed by atoms with Crippen LogP contribution < -0.4 is 5.32 Å². The van der Waals surface area contributed by atoms with E-state index in [2.05, 4.69) is 21.2 Å². The number of rotatable bonds is 5. The van der Waals surface area contributed by atoms with E-state index >= 15 is 0 Å². The van der Waals surface area contributed by atoms with Crippen LogP contribution in [0.4, 0.5) is 4.39 Å². The largest absolute Gasteiger partial charge is 0.451 e. The minimum atomic E-state index is -0.278. The molecule has 1 aromatic heterocycles. The summed E-state index contributed by atoms with van der Waals surface area (Å²) in [4.78, 5) is 14.6. The minimum Gasteiger partial charge on any atom is -0.451 e. The van der Waals surface area contributed by atoms with Crippen molar-refractivity contribution >= 4 is 32.8 Å². The van der Waals surface area contributed by atoms with E-state index in [0.717, 1.165) is 21.0 Å². The number of fused-ring (bicyclic) bond motifs is 1. The van der Waals surface area contributed by atoms with E-state index in [0.29, 0.717) is 17.9 Å². The Morgan fingerprint density at radius 3 is 2.58 bits per heavy atom. The van der Waals surface area contributed by atoms with E-state index in [9.17, 15) is 9.18 Å². The Morgan fingerprint density at radius 1 is 1.23 bits per heavy atom. The summed E-state index contributed by atoms with van der Waals surface area (Å²) in [5, 5.41) is 3.84. The molecule has 0 saturated carbocycles. The average Bonchev–Trinajstić information content (AvgIpc) is 2.93. The second-order valence-electron chi connectivity index (χ2n) is 6.44. The number of aryl methyl sites for hydroxylation is 1. The van der Waals surface area contributed by atoms with Crippen molar-refractivity contribution in [1.82, 2.24) is 10.2 Å². The number of nitrogens with zero attached hydrogens (tertiary/aromatic N) is 1. The highest BCUT2D eigenvalue weighted by Crippen LogP contribution is 2.28. The molecule has 4 nitrogen and oxygen atoms in total. The van der Waals surface area contributed by atoms with Crippen LogP contribution in [0.25, 0.3) is 11.0 Å². The first-order valence-electron chi connectivity index (χ1n) is 8.25. The van der Waals surface area contributed by atoms with E-state index < -0.39 is 0 Å².